The van der Waals surface area contributed by atoms with E-state index >= 15 is 0 Å². The summed E-state index contributed by atoms with van der Waals surface area (Å²) in [4.78, 5) is 32.7. The number of aromatic amines is 2. The molecule has 0 aliphatic heterocycles. The molecular weight excluding hydrogens is 218 g/mol. The van der Waals surface area contributed by atoms with Gasteiger partial charge in [0, 0.05) is 29.3 Å². The molecule has 0 radical (unpaired) electrons. The fourth-order valence-electron chi connectivity index (χ4n) is 2.57. The summed E-state index contributed by atoms with van der Waals surface area (Å²) in [7, 11) is 0. The van der Waals surface area contributed by atoms with Crippen molar-refractivity contribution in [2.24, 2.45) is 5.41 Å². The number of fused-ring (bicyclic) bond motifs is 3. The topological polar surface area (TPSA) is 78.6 Å². The van der Waals surface area contributed by atoms with E-state index in [1.807, 2.05) is 0 Å². The standard InChI is InChI=1S/C12H13N3O2/c1-12(2)3-7-9(8(16)4-12)6-5-13-11(17)15-10(6)14-7/h5H,3-4H2,1-2H3,(H2,13,14,15,17). The minimum absolute atomic E-state index is 0.0291. The predicted molar refractivity (Wildman–Crippen MR) is 63.1 cm³/mol. The van der Waals surface area contributed by atoms with Crippen LogP contribution in [0.3, 0.4) is 0 Å². The molecule has 0 fully saturated rings. The normalized spacial score (nSPS) is 18.4. The van der Waals surface area contributed by atoms with E-state index in [1.54, 1.807) is 0 Å². The Bertz CT molecular complexity index is 679. The summed E-state index contributed by atoms with van der Waals surface area (Å²) in [5.74, 6) is 0.122. The molecule has 3 rings (SSSR count). The highest BCUT2D eigenvalue weighted by atomic mass is 16.1. The van der Waals surface area contributed by atoms with Crippen LogP contribution in [0.4, 0.5) is 0 Å². The van der Waals surface area contributed by atoms with Crippen LogP contribution in [0.25, 0.3) is 11.0 Å². The van der Waals surface area contributed by atoms with Crippen LogP contribution in [0.1, 0.15) is 36.3 Å². The molecule has 0 saturated heterocycles. The van der Waals surface area contributed by atoms with Gasteiger partial charge in [0.2, 0.25) is 0 Å². The fourth-order valence-corrected chi connectivity index (χ4v) is 2.57. The molecule has 2 heterocycles. The molecule has 5 heteroatoms. The minimum Gasteiger partial charge on any atom is -0.344 e. The number of nitrogens with one attached hydrogen (secondary N) is 2. The number of ketones is 1. The molecule has 2 N–H and O–H groups in total. The van der Waals surface area contributed by atoms with Crippen molar-refractivity contribution in [1.29, 1.82) is 0 Å². The summed E-state index contributed by atoms with van der Waals surface area (Å²) < 4.78 is 0. The van der Waals surface area contributed by atoms with Crippen molar-refractivity contribution in [3.05, 3.63) is 27.9 Å². The van der Waals surface area contributed by atoms with Gasteiger partial charge in [-0.3, -0.25) is 9.78 Å². The van der Waals surface area contributed by atoms with Crippen LogP contribution in [0.15, 0.2) is 11.0 Å². The first kappa shape index (κ1) is 10.3. The summed E-state index contributed by atoms with van der Waals surface area (Å²) >= 11 is 0. The first-order valence-electron chi connectivity index (χ1n) is 5.59. The monoisotopic (exact) mass is 231 g/mol. The number of hydrogen-bond acceptors (Lipinski definition) is 3. The second kappa shape index (κ2) is 3.06. The molecule has 88 valence electrons. The number of Topliss-reactive ketones (excluding diaryl/α,β-unsaturated/α-hetero) is 1. The lowest BCUT2D eigenvalue weighted by Gasteiger charge is -2.28. The number of carbonyl (C=O) groups is 1. The zero-order valence-electron chi connectivity index (χ0n) is 9.76. The van der Waals surface area contributed by atoms with Gasteiger partial charge in [-0.25, -0.2) is 9.78 Å². The number of rotatable bonds is 0. The van der Waals surface area contributed by atoms with E-state index in [1.165, 1.54) is 6.20 Å². The summed E-state index contributed by atoms with van der Waals surface area (Å²) in [6, 6.07) is 0. The van der Waals surface area contributed by atoms with Crippen molar-refractivity contribution in [3.63, 3.8) is 0 Å². The lowest BCUT2D eigenvalue weighted by Crippen LogP contribution is -2.26. The highest BCUT2D eigenvalue weighted by Gasteiger charge is 2.33. The molecule has 0 unspecified atom stereocenters. The van der Waals surface area contributed by atoms with Crippen LogP contribution in [0.5, 0.6) is 0 Å². The summed E-state index contributed by atoms with van der Waals surface area (Å²) in [5.41, 5.74) is 1.77. The van der Waals surface area contributed by atoms with Crippen LogP contribution in [-0.2, 0) is 6.42 Å². The van der Waals surface area contributed by atoms with E-state index < -0.39 is 5.69 Å². The zero-order valence-corrected chi connectivity index (χ0v) is 9.76. The van der Waals surface area contributed by atoms with Gasteiger partial charge in [0.05, 0.1) is 0 Å². The molecular formula is C12H13N3O2. The maximum atomic E-state index is 12.1. The molecule has 2 aromatic heterocycles. The summed E-state index contributed by atoms with van der Waals surface area (Å²) in [6.45, 7) is 4.14. The number of aromatic nitrogens is 3. The highest BCUT2D eigenvalue weighted by Crippen LogP contribution is 2.36. The van der Waals surface area contributed by atoms with Crippen LogP contribution in [0, 0.1) is 5.41 Å². The Morgan fingerprint density at radius 2 is 2.00 bits per heavy atom. The van der Waals surface area contributed by atoms with Gasteiger partial charge in [0.1, 0.15) is 5.65 Å². The molecule has 1 aliphatic carbocycles. The molecule has 0 saturated carbocycles. The van der Waals surface area contributed by atoms with E-state index in [-0.39, 0.29) is 11.2 Å². The molecule has 0 bridgehead atoms. The molecule has 0 atom stereocenters. The third-order valence-electron chi connectivity index (χ3n) is 3.23. The quantitative estimate of drug-likeness (QED) is 0.719. The number of nitrogens with zero attached hydrogens (tertiary/aromatic N) is 1. The third-order valence-corrected chi connectivity index (χ3v) is 3.23. The molecule has 0 amide bonds. The Labute approximate surface area is 97.3 Å². The van der Waals surface area contributed by atoms with Crippen LogP contribution < -0.4 is 5.69 Å². The molecule has 17 heavy (non-hydrogen) atoms. The van der Waals surface area contributed by atoms with Gasteiger partial charge in [-0.2, -0.15) is 0 Å². The van der Waals surface area contributed by atoms with Crippen molar-refractivity contribution in [2.75, 3.05) is 0 Å². The molecule has 0 spiro atoms. The van der Waals surface area contributed by atoms with Crippen molar-refractivity contribution in [3.8, 4) is 0 Å². The van der Waals surface area contributed by atoms with Gasteiger partial charge >= 0.3 is 5.69 Å². The summed E-state index contributed by atoms with van der Waals surface area (Å²) in [6.07, 6.45) is 2.82. The van der Waals surface area contributed by atoms with Crippen molar-refractivity contribution >= 4 is 16.8 Å². The van der Waals surface area contributed by atoms with Crippen molar-refractivity contribution < 1.29 is 4.79 Å². The fraction of sp³-hybridized carbons (Fsp3) is 0.417. The lowest BCUT2D eigenvalue weighted by atomic mass is 9.76. The smallest absolute Gasteiger partial charge is 0.344 e. The Hall–Kier alpha value is -1.91. The van der Waals surface area contributed by atoms with E-state index in [4.69, 9.17) is 0 Å². The Morgan fingerprint density at radius 3 is 2.76 bits per heavy atom. The molecule has 0 aromatic carbocycles. The number of hydrogen-bond donors (Lipinski definition) is 2. The minimum atomic E-state index is -0.400. The average Bonchev–Trinajstić information content (AvgIpc) is 2.52. The highest BCUT2D eigenvalue weighted by molar-refractivity contribution is 6.09. The van der Waals surface area contributed by atoms with Gasteiger partial charge in [0.25, 0.3) is 0 Å². The maximum Gasteiger partial charge on any atom is 0.346 e. The van der Waals surface area contributed by atoms with Crippen molar-refractivity contribution in [2.45, 2.75) is 26.7 Å². The van der Waals surface area contributed by atoms with E-state index in [0.717, 1.165) is 17.5 Å². The van der Waals surface area contributed by atoms with Crippen molar-refractivity contribution in [1.82, 2.24) is 15.0 Å². The maximum absolute atomic E-state index is 12.1. The average molecular weight is 231 g/mol. The molecule has 2 aromatic rings. The van der Waals surface area contributed by atoms with Gasteiger partial charge in [0.15, 0.2) is 5.78 Å². The van der Waals surface area contributed by atoms with Crippen LogP contribution in [-0.4, -0.2) is 20.7 Å². The second-order valence-electron chi connectivity index (χ2n) is 5.40. The van der Waals surface area contributed by atoms with Gasteiger partial charge < -0.3 is 4.98 Å². The Balaban J connectivity index is 2.32. The third kappa shape index (κ3) is 1.50. The molecule has 1 aliphatic rings. The first-order valence-corrected chi connectivity index (χ1v) is 5.59. The van der Waals surface area contributed by atoms with Crippen LogP contribution in [0.2, 0.25) is 0 Å². The lowest BCUT2D eigenvalue weighted by molar-refractivity contribution is 0.0913. The Morgan fingerprint density at radius 1 is 1.24 bits per heavy atom. The van der Waals surface area contributed by atoms with E-state index in [2.05, 4.69) is 28.8 Å². The van der Waals surface area contributed by atoms with E-state index in [9.17, 15) is 9.59 Å². The SMILES string of the molecule is CC1(C)CC(=O)c2c([nH]c3[nH]c(=O)ncc23)C1. The number of carbonyl (C=O) groups excluding carboxylic acids is 1. The van der Waals surface area contributed by atoms with Gasteiger partial charge in [-0.05, 0) is 11.8 Å². The Kier molecular flexibility index (Phi) is 1.85. The van der Waals surface area contributed by atoms with Crippen LogP contribution >= 0.6 is 0 Å². The van der Waals surface area contributed by atoms with E-state index in [0.29, 0.717) is 17.6 Å². The number of H-pyrrole nitrogens is 2. The predicted octanol–water partition coefficient (Wildman–Crippen LogP) is 1.41. The molecule has 5 nitrogen and oxygen atoms in total. The zero-order chi connectivity index (χ0) is 12.2. The van der Waals surface area contributed by atoms with Gasteiger partial charge in [-0.1, -0.05) is 13.8 Å². The second-order valence-corrected chi connectivity index (χ2v) is 5.40. The van der Waals surface area contributed by atoms with Gasteiger partial charge in [-0.15, -0.1) is 0 Å². The first-order chi connectivity index (χ1) is 7.96. The largest absolute Gasteiger partial charge is 0.346 e. The summed E-state index contributed by atoms with van der Waals surface area (Å²) in [5, 5.41) is 0.722.